The van der Waals surface area contributed by atoms with Crippen molar-refractivity contribution in [2.75, 3.05) is 13.1 Å². The van der Waals surface area contributed by atoms with Crippen LogP contribution < -0.4 is 10.6 Å². The molecule has 2 amide bonds. The van der Waals surface area contributed by atoms with Crippen molar-refractivity contribution in [2.24, 2.45) is 5.41 Å². The second-order valence-electron chi connectivity index (χ2n) is 5.25. The zero-order valence-corrected chi connectivity index (χ0v) is 10.9. The molecule has 0 aromatic rings. The normalized spacial score (nSPS) is 11.0. The predicted octanol–water partition coefficient (Wildman–Crippen LogP) is 1.46. The van der Waals surface area contributed by atoms with Gasteiger partial charge < -0.3 is 10.6 Å². The average Bonchev–Trinajstić information content (AvgIpc) is 2.10. The highest BCUT2D eigenvalue weighted by Crippen LogP contribution is 2.19. The van der Waals surface area contributed by atoms with E-state index in [1.54, 1.807) is 0 Å². The molecule has 0 aliphatic heterocycles. The largest absolute Gasteiger partial charge is 0.356 e. The van der Waals surface area contributed by atoms with Crippen molar-refractivity contribution in [3.05, 3.63) is 0 Å². The SMILES string of the molecule is CC(=O)NCCC(=O)NCCCC(C)(C)C. The van der Waals surface area contributed by atoms with Crippen LogP contribution in [0.4, 0.5) is 0 Å². The van der Waals surface area contributed by atoms with Crippen molar-refractivity contribution in [2.45, 2.75) is 47.0 Å². The number of hydrogen-bond donors (Lipinski definition) is 2. The van der Waals surface area contributed by atoms with Crippen molar-refractivity contribution in [1.82, 2.24) is 10.6 Å². The van der Waals surface area contributed by atoms with Crippen molar-refractivity contribution in [3.8, 4) is 0 Å². The highest BCUT2D eigenvalue weighted by Gasteiger charge is 2.09. The molecular weight excluding hydrogens is 204 g/mol. The van der Waals surface area contributed by atoms with Gasteiger partial charge >= 0.3 is 0 Å². The molecule has 0 saturated carbocycles. The minimum Gasteiger partial charge on any atom is -0.356 e. The Hall–Kier alpha value is -1.06. The monoisotopic (exact) mass is 228 g/mol. The first-order chi connectivity index (χ1) is 7.31. The second-order valence-corrected chi connectivity index (χ2v) is 5.25. The molecule has 0 aliphatic rings. The van der Waals surface area contributed by atoms with Gasteiger partial charge in [0.05, 0.1) is 0 Å². The first kappa shape index (κ1) is 14.9. The fraction of sp³-hybridized carbons (Fsp3) is 0.833. The summed E-state index contributed by atoms with van der Waals surface area (Å²) in [6.07, 6.45) is 2.45. The fourth-order valence-corrected chi connectivity index (χ4v) is 1.29. The summed E-state index contributed by atoms with van der Waals surface area (Å²) in [6.45, 7) is 9.14. The van der Waals surface area contributed by atoms with Gasteiger partial charge in [-0.3, -0.25) is 9.59 Å². The quantitative estimate of drug-likeness (QED) is 0.676. The van der Waals surface area contributed by atoms with E-state index in [9.17, 15) is 9.59 Å². The molecule has 0 atom stereocenters. The number of amides is 2. The third kappa shape index (κ3) is 11.0. The molecule has 16 heavy (non-hydrogen) atoms. The number of rotatable bonds is 6. The Bertz CT molecular complexity index is 232. The zero-order chi connectivity index (χ0) is 12.6. The van der Waals surface area contributed by atoms with Gasteiger partial charge in [-0.05, 0) is 18.3 Å². The van der Waals surface area contributed by atoms with E-state index in [-0.39, 0.29) is 11.8 Å². The maximum Gasteiger partial charge on any atom is 0.221 e. The first-order valence-corrected chi connectivity index (χ1v) is 5.82. The number of hydrogen-bond acceptors (Lipinski definition) is 2. The van der Waals surface area contributed by atoms with Gasteiger partial charge in [0, 0.05) is 26.4 Å². The molecular formula is C12H24N2O2. The Kier molecular flexibility index (Phi) is 6.77. The molecule has 0 heterocycles. The molecule has 4 heteroatoms. The van der Waals surface area contributed by atoms with Crippen LogP contribution in [-0.2, 0) is 9.59 Å². The van der Waals surface area contributed by atoms with Crippen LogP contribution in [-0.4, -0.2) is 24.9 Å². The van der Waals surface area contributed by atoms with E-state index >= 15 is 0 Å². The Labute approximate surface area is 98.2 Å². The van der Waals surface area contributed by atoms with Gasteiger partial charge in [-0.1, -0.05) is 20.8 Å². The van der Waals surface area contributed by atoms with Gasteiger partial charge in [0.1, 0.15) is 0 Å². The lowest BCUT2D eigenvalue weighted by molar-refractivity contribution is -0.121. The third-order valence-electron chi connectivity index (χ3n) is 2.15. The van der Waals surface area contributed by atoms with Gasteiger partial charge in [-0.15, -0.1) is 0 Å². The molecule has 0 bridgehead atoms. The minimum atomic E-state index is -0.0967. The molecule has 0 rings (SSSR count). The fourth-order valence-electron chi connectivity index (χ4n) is 1.29. The zero-order valence-electron chi connectivity index (χ0n) is 10.9. The highest BCUT2D eigenvalue weighted by molar-refractivity contribution is 5.77. The number of carbonyl (C=O) groups is 2. The molecule has 0 spiro atoms. The van der Waals surface area contributed by atoms with E-state index < -0.39 is 0 Å². The standard InChI is InChI=1S/C12H24N2O2/c1-10(15)13-9-6-11(16)14-8-5-7-12(2,3)4/h5-9H2,1-4H3,(H,13,15)(H,14,16). The van der Waals surface area contributed by atoms with Crippen LogP contribution in [0, 0.1) is 5.41 Å². The van der Waals surface area contributed by atoms with Crippen molar-refractivity contribution < 1.29 is 9.59 Å². The molecule has 0 saturated heterocycles. The minimum absolute atomic E-state index is 0.00246. The van der Waals surface area contributed by atoms with E-state index in [0.717, 1.165) is 19.4 Å². The lowest BCUT2D eigenvalue weighted by atomic mass is 9.91. The van der Waals surface area contributed by atoms with E-state index in [0.29, 0.717) is 18.4 Å². The van der Waals surface area contributed by atoms with Crippen LogP contribution in [0.25, 0.3) is 0 Å². The molecule has 0 fully saturated rings. The van der Waals surface area contributed by atoms with E-state index in [2.05, 4.69) is 31.4 Å². The van der Waals surface area contributed by atoms with E-state index in [4.69, 9.17) is 0 Å². The van der Waals surface area contributed by atoms with Crippen LogP contribution in [0.2, 0.25) is 0 Å². The Morgan fingerprint density at radius 2 is 1.69 bits per heavy atom. The summed E-state index contributed by atoms with van der Waals surface area (Å²) in [5, 5.41) is 5.43. The van der Waals surface area contributed by atoms with Crippen molar-refractivity contribution in [3.63, 3.8) is 0 Å². The lowest BCUT2D eigenvalue weighted by Crippen LogP contribution is -2.30. The first-order valence-electron chi connectivity index (χ1n) is 5.82. The summed E-state index contributed by atoms with van der Waals surface area (Å²) in [4.78, 5) is 21.8. The molecule has 0 aliphatic carbocycles. The summed E-state index contributed by atoms with van der Waals surface area (Å²) in [6, 6.07) is 0. The second kappa shape index (κ2) is 7.25. The molecule has 0 aromatic carbocycles. The number of carbonyl (C=O) groups excluding carboxylic acids is 2. The van der Waals surface area contributed by atoms with Crippen LogP contribution in [0.15, 0.2) is 0 Å². The Balaban J connectivity index is 3.41. The van der Waals surface area contributed by atoms with Gasteiger partial charge in [0.15, 0.2) is 0 Å². The summed E-state index contributed by atoms with van der Waals surface area (Å²) in [5.41, 5.74) is 0.320. The smallest absolute Gasteiger partial charge is 0.221 e. The molecule has 0 aromatic heterocycles. The Morgan fingerprint density at radius 1 is 1.06 bits per heavy atom. The molecule has 0 radical (unpaired) electrons. The van der Waals surface area contributed by atoms with Gasteiger partial charge in [0.25, 0.3) is 0 Å². The summed E-state index contributed by atoms with van der Waals surface area (Å²) >= 11 is 0. The topological polar surface area (TPSA) is 58.2 Å². The van der Waals surface area contributed by atoms with Gasteiger partial charge in [-0.25, -0.2) is 0 Å². The molecule has 94 valence electrons. The molecule has 0 unspecified atom stereocenters. The van der Waals surface area contributed by atoms with Crippen LogP contribution in [0.1, 0.15) is 47.0 Å². The maximum absolute atomic E-state index is 11.3. The maximum atomic E-state index is 11.3. The summed E-state index contributed by atoms with van der Waals surface area (Å²) in [5.74, 6) is -0.0943. The number of nitrogens with one attached hydrogen (secondary N) is 2. The van der Waals surface area contributed by atoms with Gasteiger partial charge in [-0.2, -0.15) is 0 Å². The van der Waals surface area contributed by atoms with E-state index in [1.165, 1.54) is 6.92 Å². The Morgan fingerprint density at radius 3 is 2.19 bits per heavy atom. The molecule has 2 N–H and O–H groups in total. The van der Waals surface area contributed by atoms with Crippen molar-refractivity contribution >= 4 is 11.8 Å². The third-order valence-corrected chi connectivity index (χ3v) is 2.15. The van der Waals surface area contributed by atoms with E-state index in [1.807, 2.05) is 0 Å². The predicted molar refractivity (Wildman–Crippen MR) is 65.0 cm³/mol. The van der Waals surface area contributed by atoms with Crippen LogP contribution >= 0.6 is 0 Å². The summed E-state index contributed by atoms with van der Waals surface area (Å²) in [7, 11) is 0. The van der Waals surface area contributed by atoms with Crippen LogP contribution in [0.3, 0.4) is 0 Å². The lowest BCUT2D eigenvalue weighted by Gasteiger charge is -2.17. The average molecular weight is 228 g/mol. The van der Waals surface area contributed by atoms with Crippen molar-refractivity contribution in [1.29, 1.82) is 0 Å². The highest BCUT2D eigenvalue weighted by atomic mass is 16.2. The van der Waals surface area contributed by atoms with Crippen LogP contribution in [0.5, 0.6) is 0 Å². The molecule has 4 nitrogen and oxygen atoms in total. The van der Waals surface area contributed by atoms with Gasteiger partial charge in [0.2, 0.25) is 11.8 Å². The summed E-state index contributed by atoms with van der Waals surface area (Å²) < 4.78 is 0.